The molecule has 6 nitrogen and oxygen atoms in total. The number of aliphatic hydroxyl groups is 1. The van der Waals surface area contributed by atoms with E-state index in [4.69, 9.17) is 9.15 Å². The SMILES string of the molecule is O=c1c2ccccc2cnn1CC(O)COCc1ccco1. The van der Waals surface area contributed by atoms with Crippen LogP contribution >= 0.6 is 0 Å². The predicted molar refractivity (Wildman–Crippen MR) is 80.4 cm³/mol. The van der Waals surface area contributed by atoms with Crippen LogP contribution in [0.4, 0.5) is 0 Å². The highest BCUT2D eigenvalue weighted by Crippen LogP contribution is 2.07. The van der Waals surface area contributed by atoms with E-state index >= 15 is 0 Å². The Morgan fingerprint density at radius 2 is 2.14 bits per heavy atom. The Bertz CT molecular complexity index is 795. The summed E-state index contributed by atoms with van der Waals surface area (Å²) in [5.41, 5.74) is -0.219. The van der Waals surface area contributed by atoms with Crippen LogP contribution in [0.25, 0.3) is 10.8 Å². The third kappa shape index (κ3) is 3.24. The highest BCUT2D eigenvalue weighted by molar-refractivity contribution is 5.80. The lowest BCUT2D eigenvalue weighted by molar-refractivity contribution is 0.0126. The molecular weight excluding hydrogens is 284 g/mol. The second-order valence-corrected chi connectivity index (χ2v) is 4.97. The first-order valence-corrected chi connectivity index (χ1v) is 6.97. The molecule has 1 N–H and O–H groups in total. The van der Waals surface area contributed by atoms with Gasteiger partial charge in [-0.25, -0.2) is 4.68 Å². The Balaban J connectivity index is 1.62. The Hall–Kier alpha value is -2.44. The molecule has 2 aromatic heterocycles. The molecule has 0 spiro atoms. The molecular formula is C16H16N2O4. The summed E-state index contributed by atoms with van der Waals surface area (Å²) in [6.45, 7) is 0.466. The Kier molecular flexibility index (Phi) is 4.32. The molecule has 0 aliphatic heterocycles. The zero-order valence-corrected chi connectivity index (χ0v) is 11.9. The monoisotopic (exact) mass is 300 g/mol. The molecule has 2 heterocycles. The van der Waals surface area contributed by atoms with Crippen molar-refractivity contribution < 1.29 is 14.3 Å². The summed E-state index contributed by atoms with van der Waals surface area (Å²) in [4.78, 5) is 12.3. The van der Waals surface area contributed by atoms with Gasteiger partial charge >= 0.3 is 0 Å². The van der Waals surface area contributed by atoms with Crippen molar-refractivity contribution in [1.29, 1.82) is 0 Å². The minimum atomic E-state index is -0.818. The van der Waals surface area contributed by atoms with E-state index in [0.29, 0.717) is 11.1 Å². The van der Waals surface area contributed by atoms with Crippen LogP contribution in [0, 0.1) is 0 Å². The second kappa shape index (κ2) is 6.55. The van der Waals surface area contributed by atoms with Crippen molar-refractivity contribution in [3.05, 3.63) is 65.0 Å². The van der Waals surface area contributed by atoms with Gasteiger partial charge < -0.3 is 14.3 Å². The number of rotatable bonds is 6. The van der Waals surface area contributed by atoms with Gasteiger partial charge in [0.05, 0.1) is 37.1 Å². The average molecular weight is 300 g/mol. The summed E-state index contributed by atoms with van der Waals surface area (Å²) in [6, 6.07) is 10.8. The van der Waals surface area contributed by atoms with Gasteiger partial charge in [0.15, 0.2) is 0 Å². The number of aliphatic hydroxyl groups excluding tert-OH is 1. The predicted octanol–water partition coefficient (Wildman–Crippen LogP) is 1.57. The Morgan fingerprint density at radius 1 is 1.27 bits per heavy atom. The molecule has 114 valence electrons. The van der Waals surface area contributed by atoms with E-state index < -0.39 is 6.10 Å². The van der Waals surface area contributed by atoms with Crippen molar-refractivity contribution in [2.75, 3.05) is 6.61 Å². The van der Waals surface area contributed by atoms with Gasteiger partial charge in [0, 0.05) is 5.39 Å². The summed E-state index contributed by atoms with van der Waals surface area (Å²) < 4.78 is 11.7. The maximum atomic E-state index is 12.3. The standard InChI is InChI=1S/C16H16N2O4/c19-13(10-21-11-14-5-3-7-22-14)9-18-16(20)15-6-2-1-4-12(15)8-17-18/h1-8,13,19H,9-11H2. The largest absolute Gasteiger partial charge is 0.467 e. The Labute approximate surface area is 126 Å². The molecule has 1 atom stereocenters. The van der Waals surface area contributed by atoms with Crippen LogP contribution < -0.4 is 5.56 Å². The summed E-state index contributed by atoms with van der Waals surface area (Å²) >= 11 is 0. The molecule has 0 bridgehead atoms. The fourth-order valence-electron chi connectivity index (χ4n) is 2.20. The molecule has 0 aliphatic carbocycles. The van der Waals surface area contributed by atoms with Crippen molar-refractivity contribution in [2.24, 2.45) is 0 Å². The van der Waals surface area contributed by atoms with E-state index in [-0.39, 0.29) is 25.3 Å². The summed E-state index contributed by atoms with van der Waals surface area (Å²) in [5.74, 6) is 0.688. The first-order chi connectivity index (χ1) is 10.7. The fourth-order valence-corrected chi connectivity index (χ4v) is 2.20. The number of hydrogen-bond donors (Lipinski definition) is 1. The van der Waals surface area contributed by atoms with Crippen LogP contribution in [0.5, 0.6) is 0 Å². The highest BCUT2D eigenvalue weighted by Gasteiger charge is 2.10. The number of hydrogen-bond acceptors (Lipinski definition) is 5. The van der Waals surface area contributed by atoms with E-state index in [2.05, 4.69) is 5.10 Å². The number of furan rings is 1. The molecule has 3 aromatic rings. The first-order valence-electron chi connectivity index (χ1n) is 6.97. The minimum absolute atomic E-state index is 0.0851. The van der Waals surface area contributed by atoms with Crippen LogP contribution in [-0.4, -0.2) is 27.6 Å². The maximum absolute atomic E-state index is 12.3. The average Bonchev–Trinajstić information content (AvgIpc) is 3.04. The van der Waals surface area contributed by atoms with Crippen molar-refractivity contribution in [3.8, 4) is 0 Å². The van der Waals surface area contributed by atoms with Gasteiger partial charge in [0.2, 0.25) is 0 Å². The zero-order chi connectivity index (χ0) is 15.4. The molecule has 0 saturated heterocycles. The molecule has 0 radical (unpaired) electrons. The number of benzene rings is 1. The summed E-state index contributed by atoms with van der Waals surface area (Å²) in [6.07, 6.45) is 2.36. The van der Waals surface area contributed by atoms with Crippen molar-refractivity contribution >= 4 is 10.8 Å². The van der Waals surface area contributed by atoms with Gasteiger partial charge in [-0.1, -0.05) is 18.2 Å². The zero-order valence-electron chi connectivity index (χ0n) is 11.9. The number of fused-ring (bicyclic) bond motifs is 1. The van der Waals surface area contributed by atoms with Gasteiger partial charge in [0.1, 0.15) is 12.4 Å². The van der Waals surface area contributed by atoms with Crippen LogP contribution in [-0.2, 0) is 17.9 Å². The summed E-state index contributed by atoms with van der Waals surface area (Å²) in [7, 11) is 0. The highest BCUT2D eigenvalue weighted by atomic mass is 16.5. The molecule has 1 unspecified atom stereocenters. The van der Waals surface area contributed by atoms with E-state index in [9.17, 15) is 9.90 Å². The Morgan fingerprint density at radius 3 is 2.95 bits per heavy atom. The van der Waals surface area contributed by atoms with Gasteiger partial charge in [-0.05, 0) is 18.2 Å². The molecule has 6 heteroatoms. The quantitative estimate of drug-likeness (QED) is 0.747. The number of nitrogens with zero attached hydrogens (tertiary/aromatic N) is 2. The van der Waals surface area contributed by atoms with Crippen LogP contribution in [0.3, 0.4) is 0 Å². The molecule has 3 rings (SSSR count). The van der Waals surface area contributed by atoms with Crippen LogP contribution in [0.1, 0.15) is 5.76 Å². The van der Waals surface area contributed by atoms with E-state index in [1.807, 2.05) is 12.1 Å². The lowest BCUT2D eigenvalue weighted by atomic mass is 10.2. The molecule has 0 amide bonds. The lowest BCUT2D eigenvalue weighted by Gasteiger charge is -2.12. The van der Waals surface area contributed by atoms with Gasteiger partial charge in [0.25, 0.3) is 5.56 Å². The molecule has 0 saturated carbocycles. The molecule has 0 fully saturated rings. The number of ether oxygens (including phenoxy) is 1. The van der Waals surface area contributed by atoms with E-state index in [1.165, 1.54) is 4.68 Å². The van der Waals surface area contributed by atoms with Crippen LogP contribution in [0.15, 0.2) is 58.1 Å². The normalized spacial score (nSPS) is 12.6. The topological polar surface area (TPSA) is 77.5 Å². The van der Waals surface area contributed by atoms with E-state index in [0.717, 1.165) is 5.39 Å². The third-order valence-electron chi connectivity index (χ3n) is 3.28. The third-order valence-corrected chi connectivity index (χ3v) is 3.28. The van der Waals surface area contributed by atoms with Crippen LogP contribution in [0.2, 0.25) is 0 Å². The maximum Gasteiger partial charge on any atom is 0.274 e. The molecule has 1 aromatic carbocycles. The first kappa shape index (κ1) is 14.5. The molecule has 22 heavy (non-hydrogen) atoms. The lowest BCUT2D eigenvalue weighted by Crippen LogP contribution is -2.31. The van der Waals surface area contributed by atoms with Gasteiger partial charge in [-0.2, -0.15) is 5.10 Å². The minimum Gasteiger partial charge on any atom is -0.467 e. The summed E-state index contributed by atoms with van der Waals surface area (Å²) in [5, 5.41) is 15.4. The fraction of sp³-hybridized carbons (Fsp3) is 0.250. The molecule has 0 aliphatic rings. The smallest absolute Gasteiger partial charge is 0.274 e. The second-order valence-electron chi connectivity index (χ2n) is 4.97. The number of aromatic nitrogens is 2. The van der Waals surface area contributed by atoms with Crippen molar-refractivity contribution in [3.63, 3.8) is 0 Å². The van der Waals surface area contributed by atoms with Gasteiger partial charge in [-0.15, -0.1) is 0 Å². The van der Waals surface area contributed by atoms with Crippen molar-refractivity contribution in [2.45, 2.75) is 19.3 Å². The van der Waals surface area contributed by atoms with Gasteiger partial charge in [-0.3, -0.25) is 4.79 Å². The van der Waals surface area contributed by atoms with E-state index in [1.54, 1.807) is 36.7 Å². The van der Waals surface area contributed by atoms with Crippen molar-refractivity contribution in [1.82, 2.24) is 9.78 Å².